The number of nitrogens with one attached hydrogen (secondary N) is 1. The molecule has 0 heterocycles. The number of hydrogen-bond donors (Lipinski definition) is 2. The molecule has 1 aromatic rings. The molecular formula is C14H14N2O2. The van der Waals surface area contributed by atoms with E-state index in [4.69, 9.17) is 0 Å². The molecule has 1 aromatic carbocycles. The van der Waals surface area contributed by atoms with E-state index in [0.29, 0.717) is 11.8 Å². The Morgan fingerprint density at radius 1 is 1.39 bits per heavy atom. The largest absolute Gasteiger partial charge is 0.507 e. The Hall–Kier alpha value is -2.10. The van der Waals surface area contributed by atoms with Crippen LogP contribution < -0.4 is 5.43 Å². The summed E-state index contributed by atoms with van der Waals surface area (Å²) in [5.74, 6) is 0.708. The number of fused-ring (bicyclic) bond motifs is 1. The number of hydrogen-bond acceptors (Lipinski definition) is 3. The first-order valence-corrected chi connectivity index (χ1v) is 6.07. The van der Waals surface area contributed by atoms with Gasteiger partial charge in [0.25, 0.3) is 5.91 Å². The van der Waals surface area contributed by atoms with Crippen molar-refractivity contribution in [2.24, 2.45) is 16.9 Å². The summed E-state index contributed by atoms with van der Waals surface area (Å²) in [4.78, 5) is 11.8. The molecule has 4 nitrogen and oxygen atoms in total. The molecule has 0 bridgehead atoms. The highest BCUT2D eigenvalue weighted by Crippen LogP contribution is 2.40. The predicted octanol–water partition coefficient (Wildman–Crippen LogP) is 2.07. The van der Waals surface area contributed by atoms with Crippen LogP contribution in [0.25, 0.3) is 0 Å². The second-order valence-electron chi connectivity index (χ2n) is 4.70. The van der Waals surface area contributed by atoms with Crippen molar-refractivity contribution in [2.75, 3.05) is 0 Å². The van der Waals surface area contributed by atoms with Gasteiger partial charge in [0.15, 0.2) is 0 Å². The lowest BCUT2D eigenvalue weighted by Gasteiger charge is -2.31. The van der Waals surface area contributed by atoms with Crippen LogP contribution in [-0.2, 0) is 0 Å². The number of rotatable bonds is 2. The number of carbonyl (C=O) groups excluding carboxylic acids is 1. The standard InChI is InChI=1S/C14H14N2O2/c17-13-7-2-1-5-11(13)14(18)16-15-12-8-9-4-3-6-10(9)12/h1-5,7,9-10,17H,6,8H2,(H,16,18)/b15-12+. The number of nitrogens with zero attached hydrogens (tertiary/aromatic N) is 1. The van der Waals surface area contributed by atoms with Crippen molar-refractivity contribution < 1.29 is 9.90 Å². The van der Waals surface area contributed by atoms with Gasteiger partial charge in [-0.1, -0.05) is 24.3 Å². The third-order valence-electron chi connectivity index (χ3n) is 3.61. The second-order valence-corrected chi connectivity index (χ2v) is 4.70. The molecular weight excluding hydrogens is 228 g/mol. The first-order chi connectivity index (χ1) is 8.75. The molecule has 92 valence electrons. The summed E-state index contributed by atoms with van der Waals surface area (Å²) >= 11 is 0. The number of hydrazone groups is 1. The van der Waals surface area contributed by atoms with Crippen LogP contribution in [0, 0.1) is 11.8 Å². The lowest BCUT2D eigenvalue weighted by Crippen LogP contribution is -2.35. The maximum atomic E-state index is 11.8. The predicted molar refractivity (Wildman–Crippen MR) is 68.4 cm³/mol. The molecule has 4 heteroatoms. The van der Waals surface area contributed by atoms with Crippen LogP contribution >= 0.6 is 0 Å². The van der Waals surface area contributed by atoms with E-state index in [-0.39, 0.29) is 17.2 Å². The fourth-order valence-electron chi connectivity index (χ4n) is 2.51. The molecule has 1 amide bonds. The van der Waals surface area contributed by atoms with Crippen LogP contribution in [0.3, 0.4) is 0 Å². The van der Waals surface area contributed by atoms with Crippen LogP contribution in [0.1, 0.15) is 23.2 Å². The Kier molecular flexibility index (Phi) is 2.63. The summed E-state index contributed by atoms with van der Waals surface area (Å²) in [6, 6.07) is 6.45. The molecule has 0 radical (unpaired) electrons. The van der Waals surface area contributed by atoms with Gasteiger partial charge in [-0.25, -0.2) is 5.43 Å². The fraction of sp³-hybridized carbons (Fsp3) is 0.286. The third-order valence-corrected chi connectivity index (χ3v) is 3.61. The zero-order valence-corrected chi connectivity index (χ0v) is 9.84. The summed E-state index contributed by atoms with van der Waals surface area (Å²) in [5.41, 5.74) is 3.82. The minimum absolute atomic E-state index is 0.0239. The Bertz CT molecular complexity index is 548. The van der Waals surface area contributed by atoms with E-state index >= 15 is 0 Å². The van der Waals surface area contributed by atoms with E-state index in [0.717, 1.165) is 18.6 Å². The number of aromatic hydroxyl groups is 1. The van der Waals surface area contributed by atoms with Crippen LogP contribution in [0.5, 0.6) is 5.75 Å². The maximum absolute atomic E-state index is 11.8. The van der Waals surface area contributed by atoms with Gasteiger partial charge in [0.1, 0.15) is 5.75 Å². The average molecular weight is 242 g/mol. The minimum atomic E-state index is -0.366. The maximum Gasteiger partial charge on any atom is 0.275 e. The Labute approximate surface area is 105 Å². The molecule has 0 spiro atoms. The van der Waals surface area contributed by atoms with Crippen molar-refractivity contribution >= 4 is 11.6 Å². The molecule has 2 unspecified atom stereocenters. The Balaban J connectivity index is 1.66. The topological polar surface area (TPSA) is 61.7 Å². The number of phenolic OH excluding ortho intramolecular Hbond substituents is 1. The lowest BCUT2D eigenvalue weighted by molar-refractivity contribution is 0.0951. The average Bonchev–Trinajstić information content (AvgIpc) is 2.71. The number of benzene rings is 1. The van der Waals surface area contributed by atoms with Gasteiger partial charge < -0.3 is 5.11 Å². The molecule has 0 aliphatic heterocycles. The molecule has 18 heavy (non-hydrogen) atoms. The van der Waals surface area contributed by atoms with Gasteiger partial charge in [0.2, 0.25) is 0 Å². The van der Waals surface area contributed by atoms with Crippen molar-refractivity contribution in [1.29, 1.82) is 0 Å². The van der Waals surface area contributed by atoms with E-state index in [2.05, 4.69) is 22.7 Å². The van der Waals surface area contributed by atoms with Crippen molar-refractivity contribution in [1.82, 2.24) is 5.43 Å². The molecule has 0 saturated heterocycles. The van der Waals surface area contributed by atoms with E-state index in [9.17, 15) is 9.90 Å². The van der Waals surface area contributed by atoms with Crippen LogP contribution in [0.15, 0.2) is 41.5 Å². The highest BCUT2D eigenvalue weighted by Gasteiger charge is 2.38. The van der Waals surface area contributed by atoms with Gasteiger partial charge in [-0.05, 0) is 30.9 Å². The Morgan fingerprint density at radius 3 is 3.00 bits per heavy atom. The number of phenols is 1. The summed E-state index contributed by atoms with van der Waals surface area (Å²) in [5, 5.41) is 13.7. The lowest BCUT2D eigenvalue weighted by atomic mass is 9.74. The van der Waals surface area contributed by atoms with Gasteiger partial charge in [0.05, 0.1) is 5.56 Å². The van der Waals surface area contributed by atoms with Gasteiger partial charge in [-0.2, -0.15) is 5.10 Å². The van der Waals surface area contributed by atoms with Gasteiger partial charge in [-0.15, -0.1) is 0 Å². The minimum Gasteiger partial charge on any atom is -0.507 e. The number of carbonyl (C=O) groups is 1. The number of para-hydroxylation sites is 1. The summed E-state index contributed by atoms with van der Waals surface area (Å²) in [6.07, 6.45) is 6.34. The quantitative estimate of drug-likeness (QED) is 0.616. The molecule has 2 aliphatic rings. The third kappa shape index (κ3) is 1.79. The molecule has 0 aromatic heterocycles. The monoisotopic (exact) mass is 242 g/mol. The summed E-state index contributed by atoms with van der Waals surface area (Å²) in [6.45, 7) is 0. The second kappa shape index (κ2) is 4.29. The first-order valence-electron chi connectivity index (χ1n) is 6.07. The normalized spacial score (nSPS) is 26.8. The molecule has 3 rings (SSSR count). The van der Waals surface area contributed by atoms with Crippen molar-refractivity contribution in [2.45, 2.75) is 12.8 Å². The van der Waals surface area contributed by atoms with E-state index < -0.39 is 0 Å². The molecule has 1 saturated carbocycles. The summed E-state index contributed by atoms with van der Waals surface area (Å²) < 4.78 is 0. The van der Waals surface area contributed by atoms with Crippen LogP contribution in [-0.4, -0.2) is 16.7 Å². The van der Waals surface area contributed by atoms with Crippen LogP contribution in [0.2, 0.25) is 0 Å². The van der Waals surface area contributed by atoms with Gasteiger partial charge >= 0.3 is 0 Å². The van der Waals surface area contributed by atoms with E-state index in [1.165, 1.54) is 6.07 Å². The van der Waals surface area contributed by atoms with Crippen molar-refractivity contribution in [3.05, 3.63) is 42.0 Å². The van der Waals surface area contributed by atoms with Gasteiger partial charge in [-0.3, -0.25) is 4.79 Å². The van der Waals surface area contributed by atoms with Crippen molar-refractivity contribution in [3.8, 4) is 5.75 Å². The number of amides is 1. The molecule has 1 fully saturated rings. The van der Waals surface area contributed by atoms with Crippen LogP contribution in [0.4, 0.5) is 0 Å². The highest BCUT2D eigenvalue weighted by atomic mass is 16.3. The molecule has 2 N–H and O–H groups in total. The fourth-order valence-corrected chi connectivity index (χ4v) is 2.51. The first kappa shape index (κ1) is 11.0. The zero-order chi connectivity index (χ0) is 12.5. The van der Waals surface area contributed by atoms with E-state index in [1.807, 2.05) is 0 Å². The zero-order valence-electron chi connectivity index (χ0n) is 9.84. The smallest absolute Gasteiger partial charge is 0.275 e. The molecule has 2 atom stereocenters. The van der Waals surface area contributed by atoms with Gasteiger partial charge in [0, 0.05) is 11.6 Å². The van der Waals surface area contributed by atoms with E-state index in [1.54, 1.807) is 18.2 Å². The molecule has 2 aliphatic carbocycles. The van der Waals surface area contributed by atoms with Crippen molar-refractivity contribution in [3.63, 3.8) is 0 Å². The Morgan fingerprint density at radius 2 is 2.22 bits per heavy atom. The SMILES string of the molecule is O=C(N/N=C1\CC2C=CCC12)c1ccccc1O. The summed E-state index contributed by atoms with van der Waals surface area (Å²) in [7, 11) is 0. The number of allylic oxidation sites excluding steroid dienone is 2. The highest BCUT2D eigenvalue weighted by molar-refractivity contribution is 5.99.